The topological polar surface area (TPSA) is 72.5 Å². The number of nitrogens with zero attached hydrogens (tertiary/aromatic N) is 4. The van der Waals surface area contributed by atoms with Gasteiger partial charge in [0.05, 0.1) is 6.04 Å². The van der Waals surface area contributed by atoms with Crippen LogP contribution in [0.2, 0.25) is 0 Å². The Kier molecular flexibility index (Phi) is 4.97. The highest BCUT2D eigenvalue weighted by Crippen LogP contribution is 2.32. The minimum Gasteiger partial charge on any atom is -0.337 e. The Morgan fingerprint density at radius 3 is 2.74 bits per heavy atom. The third-order valence-corrected chi connectivity index (χ3v) is 6.26. The molecule has 1 N–H and O–H groups in total. The van der Waals surface area contributed by atoms with Gasteiger partial charge in [-0.1, -0.05) is 13.8 Å². The van der Waals surface area contributed by atoms with Crippen LogP contribution in [0.1, 0.15) is 54.9 Å². The minimum absolute atomic E-state index is 0.0329. The van der Waals surface area contributed by atoms with Crippen molar-refractivity contribution in [2.45, 2.75) is 52.1 Å². The Morgan fingerprint density at radius 1 is 1.26 bits per heavy atom. The lowest BCUT2D eigenvalue weighted by Gasteiger charge is -2.34. The SMILES string of the molecule is CC(C)[C@H]1CN(C(=O)c2n[nH]c3c2CN(C)CC3)CCC(=O)N1CC1CC1. The Hall–Kier alpha value is -1.89. The summed E-state index contributed by atoms with van der Waals surface area (Å²) < 4.78 is 0. The van der Waals surface area contributed by atoms with E-state index in [1.54, 1.807) is 0 Å². The van der Waals surface area contributed by atoms with Crippen molar-refractivity contribution < 1.29 is 9.59 Å². The second-order valence-electron chi connectivity index (χ2n) is 8.82. The Labute approximate surface area is 161 Å². The molecule has 1 aliphatic carbocycles. The molecule has 1 saturated carbocycles. The van der Waals surface area contributed by atoms with E-state index in [9.17, 15) is 9.59 Å². The molecule has 148 valence electrons. The maximum atomic E-state index is 13.3. The van der Waals surface area contributed by atoms with E-state index in [0.717, 1.165) is 37.3 Å². The zero-order chi connectivity index (χ0) is 19.1. The van der Waals surface area contributed by atoms with Crippen LogP contribution in [0.5, 0.6) is 0 Å². The summed E-state index contributed by atoms with van der Waals surface area (Å²) in [6, 6.07) is 0.0852. The lowest BCUT2D eigenvalue weighted by Crippen LogP contribution is -2.48. The molecular weight excluding hydrogens is 342 g/mol. The summed E-state index contributed by atoms with van der Waals surface area (Å²) in [5.74, 6) is 1.14. The molecule has 1 aromatic rings. The first-order chi connectivity index (χ1) is 12.9. The zero-order valence-corrected chi connectivity index (χ0v) is 16.7. The average molecular weight is 374 g/mol. The summed E-state index contributed by atoms with van der Waals surface area (Å²) in [7, 11) is 2.07. The number of aromatic amines is 1. The Balaban J connectivity index is 1.55. The van der Waals surface area contributed by atoms with Crippen molar-refractivity contribution in [3.8, 4) is 0 Å². The number of nitrogens with one attached hydrogen (secondary N) is 1. The molecule has 0 unspecified atom stereocenters. The molecule has 0 aromatic carbocycles. The number of carbonyl (C=O) groups is 2. The van der Waals surface area contributed by atoms with Gasteiger partial charge in [-0.2, -0.15) is 5.10 Å². The number of hydrogen-bond acceptors (Lipinski definition) is 4. The van der Waals surface area contributed by atoms with E-state index in [-0.39, 0.29) is 17.9 Å². The number of rotatable bonds is 4. The molecule has 1 saturated heterocycles. The summed E-state index contributed by atoms with van der Waals surface area (Å²) in [5, 5.41) is 7.43. The van der Waals surface area contributed by atoms with Crippen LogP contribution in [0.15, 0.2) is 0 Å². The van der Waals surface area contributed by atoms with Gasteiger partial charge in [-0.15, -0.1) is 0 Å². The molecule has 4 rings (SSSR count). The van der Waals surface area contributed by atoms with E-state index >= 15 is 0 Å². The number of carbonyl (C=O) groups excluding carboxylic acids is 2. The summed E-state index contributed by atoms with van der Waals surface area (Å²) >= 11 is 0. The van der Waals surface area contributed by atoms with Crippen LogP contribution >= 0.6 is 0 Å². The van der Waals surface area contributed by atoms with Crippen LogP contribution in [-0.4, -0.2) is 76.0 Å². The average Bonchev–Trinajstić information content (AvgIpc) is 3.38. The quantitative estimate of drug-likeness (QED) is 0.868. The first-order valence-corrected chi connectivity index (χ1v) is 10.3. The third kappa shape index (κ3) is 3.74. The summed E-state index contributed by atoms with van der Waals surface area (Å²) in [5.41, 5.74) is 2.65. The number of aromatic nitrogens is 2. The largest absolute Gasteiger partial charge is 0.337 e. The van der Waals surface area contributed by atoms with E-state index in [1.807, 2.05) is 4.90 Å². The minimum atomic E-state index is -0.0329. The first kappa shape index (κ1) is 18.5. The van der Waals surface area contributed by atoms with Crippen molar-refractivity contribution in [2.24, 2.45) is 11.8 Å². The van der Waals surface area contributed by atoms with Gasteiger partial charge in [0, 0.05) is 56.8 Å². The molecule has 1 aromatic heterocycles. The molecule has 0 spiro atoms. The monoisotopic (exact) mass is 373 g/mol. The van der Waals surface area contributed by atoms with Crippen molar-refractivity contribution in [3.63, 3.8) is 0 Å². The van der Waals surface area contributed by atoms with Gasteiger partial charge in [-0.05, 0) is 31.7 Å². The number of H-pyrrole nitrogens is 1. The molecule has 2 aliphatic heterocycles. The molecule has 3 aliphatic rings. The fraction of sp³-hybridized carbons (Fsp3) is 0.750. The van der Waals surface area contributed by atoms with Crippen molar-refractivity contribution in [1.82, 2.24) is 24.9 Å². The van der Waals surface area contributed by atoms with Crippen LogP contribution in [0.3, 0.4) is 0 Å². The maximum Gasteiger partial charge on any atom is 0.274 e. The Bertz CT molecular complexity index is 724. The highest BCUT2D eigenvalue weighted by atomic mass is 16.2. The molecule has 7 heteroatoms. The first-order valence-electron chi connectivity index (χ1n) is 10.3. The standard InChI is InChI=1S/C20H31N5O2/c1-13(2)17-12-24(9-7-18(26)25(17)10-14-4-5-14)20(27)19-15-11-23(3)8-6-16(15)21-22-19/h13-14,17H,4-12H2,1-3H3,(H,21,22)/t17-/m1/s1. The van der Waals surface area contributed by atoms with Crippen LogP contribution < -0.4 is 0 Å². The van der Waals surface area contributed by atoms with E-state index in [2.05, 4.69) is 40.9 Å². The van der Waals surface area contributed by atoms with Gasteiger partial charge in [-0.25, -0.2) is 0 Å². The van der Waals surface area contributed by atoms with Crippen molar-refractivity contribution in [2.75, 3.05) is 33.2 Å². The molecule has 2 fully saturated rings. The predicted octanol–water partition coefficient (Wildman–Crippen LogP) is 1.51. The number of likely N-dealkylation sites (N-methyl/N-ethyl adjacent to an activating group) is 1. The number of amides is 2. The molecule has 0 radical (unpaired) electrons. The van der Waals surface area contributed by atoms with E-state index < -0.39 is 0 Å². The molecule has 1 atom stereocenters. The summed E-state index contributed by atoms with van der Waals surface area (Å²) in [6.07, 6.45) is 3.76. The highest BCUT2D eigenvalue weighted by Gasteiger charge is 2.38. The van der Waals surface area contributed by atoms with Crippen molar-refractivity contribution >= 4 is 11.8 Å². The number of hydrogen-bond donors (Lipinski definition) is 1. The number of fused-ring (bicyclic) bond motifs is 1. The van der Waals surface area contributed by atoms with Crippen molar-refractivity contribution in [1.29, 1.82) is 0 Å². The van der Waals surface area contributed by atoms with Gasteiger partial charge in [-0.3, -0.25) is 14.7 Å². The van der Waals surface area contributed by atoms with Crippen LogP contribution in [0.25, 0.3) is 0 Å². The normalized spacial score (nSPS) is 24.3. The van der Waals surface area contributed by atoms with Gasteiger partial charge in [0.25, 0.3) is 5.91 Å². The van der Waals surface area contributed by atoms with E-state index in [4.69, 9.17) is 0 Å². The van der Waals surface area contributed by atoms with Gasteiger partial charge in [0.15, 0.2) is 5.69 Å². The molecular formula is C20H31N5O2. The van der Waals surface area contributed by atoms with Crippen LogP contribution in [0.4, 0.5) is 0 Å². The smallest absolute Gasteiger partial charge is 0.274 e. The van der Waals surface area contributed by atoms with Crippen LogP contribution in [0, 0.1) is 11.8 Å². The lowest BCUT2D eigenvalue weighted by atomic mass is 10.0. The van der Waals surface area contributed by atoms with Gasteiger partial charge < -0.3 is 14.7 Å². The van der Waals surface area contributed by atoms with Gasteiger partial charge in [0.1, 0.15) is 0 Å². The molecule has 3 heterocycles. The third-order valence-electron chi connectivity index (χ3n) is 6.26. The van der Waals surface area contributed by atoms with Gasteiger partial charge in [0.2, 0.25) is 5.91 Å². The summed E-state index contributed by atoms with van der Waals surface area (Å²) in [6.45, 7) is 7.97. The fourth-order valence-electron chi connectivity index (χ4n) is 4.30. The summed E-state index contributed by atoms with van der Waals surface area (Å²) in [4.78, 5) is 32.2. The molecule has 7 nitrogen and oxygen atoms in total. The maximum absolute atomic E-state index is 13.3. The lowest BCUT2D eigenvalue weighted by molar-refractivity contribution is -0.133. The molecule has 0 bridgehead atoms. The second-order valence-corrected chi connectivity index (χ2v) is 8.82. The predicted molar refractivity (Wildman–Crippen MR) is 102 cm³/mol. The van der Waals surface area contributed by atoms with Gasteiger partial charge >= 0.3 is 0 Å². The van der Waals surface area contributed by atoms with Crippen molar-refractivity contribution in [3.05, 3.63) is 17.0 Å². The fourth-order valence-corrected chi connectivity index (χ4v) is 4.30. The molecule has 27 heavy (non-hydrogen) atoms. The Morgan fingerprint density at radius 2 is 2.04 bits per heavy atom. The zero-order valence-electron chi connectivity index (χ0n) is 16.7. The van der Waals surface area contributed by atoms with E-state index in [1.165, 1.54) is 12.8 Å². The second kappa shape index (κ2) is 7.26. The molecule has 2 amide bonds. The highest BCUT2D eigenvalue weighted by molar-refractivity contribution is 5.94. The van der Waals surface area contributed by atoms with Crippen LogP contribution in [-0.2, 0) is 17.8 Å². The van der Waals surface area contributed by atoms with E-state index in [0.29, 0.717) is 37.0 Å².